The Labute approximate surface area is 70.5 Å². The number of ether oxygens (including phenoxy) is 1. The van der Waals surface area contributed by atoms with Gasteiger partial charge in [-0.25, -0.2) is 4.79 Å². The third-order valence-corrected chi connectivity index (χ3v) is 1.89. The lowest BCUT2D eigenvalue weighted by Gasteiger charge is -2.28. The number of carbonyl (C=O) groups excluding carboxylic acids is 2. The number of piperidine rings is 1. The van der Waals surface area contributed by atoms with Crippen molar-refractivity contribution in [1.29, 1.82) is 0 Å². The second-order valence-electron chi connectivity index (χ2n) is 2.74. The maximum Gasteiger partial charge on any atom is 0.409 e. The molecule has 0 saturated carbocycles. The Hall–Kier alpha value is -1.10. The van der Waals surface area contributed by atoms with Crippen LogP contribution in [0.25, 0.3) is 0 Å². The van der Waals surface area contributed by atoms with Gasteiger partial charge < -0.3 is 15.4 Å². The van der Waals surface area contributed by atoms with Gasteiger partial charge in [-0.15, -0.1) is 0 Å². The Balaban J connectivity index is 2.50. The van der Waals surface area contributed by atoms with E-state index in [1.807, 2.05) is 0 Å². The van der Waals surface area contributed by atoms with Crippen LogP contribution in [0.5, 0.6) is 0 Å². The molecule has 0 aromatic rings. The zero-order chi connectivity index (χ0) is 9.14. The summed E-state index contributed by atoms with van der Waals surface area (Å²) in [5.74, 6) is 0.00940. The summed E-state index contributed by atoms with van der Waals surface area (Å²) in [6.07, 6.45) is -0.0889. The van der Waals surface area contributed by atoms with Gasteiger partial charge in [-0.3, -0.25) is 4.79 Å². The van der Waals surface area contributed by atoms with Crippen molar-refractivity contribution < 1.29 is 14.3 Å². The van der Waals surface area contributed by atoms with Gasteiger partial charge in [-0.2, -0.15) is 0 Å². The standard InChI is InChI=1S/C7H12N2O3/c1-12-7(11)9-3-2-6(10)5(8)4-9/h5H,2-4,8H2,1H3/t5-/m1/s1. The van der Waals surface area contributed by atoms with Crippen LogP contribution >= 0.6 is 0 Å². The molecule has 1 rings (SSSR count). The number of Topliss-reactive ketones (excluding diaryl/α,β-unsaturated/α-hetero) is 1. The van der Waals surface area contributed by atoms with Crippen LogP contribution in [0.15, 0.2) is 0 Å². The molecule has 1 aliphatic heterocycles. The lowest BCUT2D eigenvalue weighted by atomic mass is 10.1. The molecule has 2 N–H and O–H groups in total. The third-order valence-electron chi connectivity index (χ3n) is 1.89. The first-order valence-electron chi connectivity index (χ1n) is 3.76. The normalized spacial score (nSPS) is 24.0. The number of likely N-dealkylation sites (tertiary alicyclic amines) is 1. The number of nitrogens with zero attached hydrogens (tertiary/aromatic N) is 1. The topological polar surface area (TPSA) is 72.6 Å². The molecule has 1 fully saturated rings. The van der Waals surface area contributed by atoms with Gasteiger partial charge in [-0.1, -0.05) is 0 Å². The van der Waals surface area contributed by atoms with Crippen molar-refractivity contribution in [3.63, 3.8) is 0 Å². The minimum absolute atomic E-state index is 0.00940. The summed E-state index contributed by atoms with van der Waals surface area (Å²) in [5, 5.41) is 0. The molecule has 1 heterocycles. The van der Waals surface area contributed by atoms with Crippen molar-refractivity contribution in [2.75, 3.05) is 20.2 Å². The van der Waals surface area contributed by atoms with Crippen molar-refractivity contribution in [2.45, 2.75) is 12.5 Å². The van der Waals surface area contributed by atoms with Gasteiger partial charge in [0.05, 0.1) is 13.2 Å². The highest BCUT2D eigenvalue weighted by molar-refractivity contribution is 5.86. The molecule has 1 aliphatic rings. The van der Waals surface area contributed by atoms with Gasteiger partial charge in [0.15, 0.2) is 5.78 Å². The highest BCUT2D eigenvalue weighted by Crippen LogP contribution is 2.05. The van der Waals surface area contributed by atoms with E-state index < -0.39 is 12.1 Å². The second kappa shape index (κ2) is 3.53. The molecule has 5 heteroatoms. The molecule has 0 aromatic carbocycles. The van der Waals surface area contributed by atoms with Crippen LogP contribution in [-0.2, 0) is 9.53 Å². The molecule has 0 unspecified atom stereocenters. The molecule has 1 saturated heterocycles. The molecule has 5 nitrogen and oxygen atoms in total. The van der Waals surface area contributed by atoms with Crippen LogP contribution in [0, 0.1) is 0 Å². The van der Waals surface area contributed by atoms with Crippen LogP contribution in [0.3, 0.4) is 0 Å². The quantitative estimate of drug-likeness (QED) is 0.527. The highest BCUT2D eigenvalue weighted by Gasteiger charge is 2.27. The van der Waals surface area contributed by atoms with Crippen LogP contribution in [0.2, 0.25) is 0 Å². The molecule has 0 spiro atoms. The number of hydrogen-bond donors (Lipinski definition) is 1. The first-order valence-corrected chi connectivity index (χ1v) is 3.76. The molecule has 0 aromatic heterocycles. The Morgan fingerprint density at radius 1 is 1.75 bits per heavy atom. The first kappa shape index (κ1) is 8.99. The fraction of sp³-hybridized carbons (Fsp3) is 0.714. The van der Waals surface area contributed by atoms with E-state index in [9.17, 15) is 9.59 Å². The van der Waals surface area contributed by atoms with E-state index in [-0.39, 0.29) is 12.3 Å². The third kappa shape index (κ3) is 1.73. The van der Waals surface area contributed by atoms with Gasteiger partial charge in [-0.05, 0) is 0 Å². The van der Waals surface area contributed by atoms with E-state index in [2.05, 4.69) is 4.74 Å². The summed E-state index contributed by atoms with van der Waals surface area (Å²) in [6, 6.07) is -0.544. The van der Waals surface area contributed by atoms with Crippen molar-refractivity contribution in [3.8, 4) is 0 Å². The monoisotopic (exact) mass is 172 g/mol. The number of ketones is 1. The summed E-state index contributed by atoms with van der Waals surface area (Å²) in [6.45, 7) is 0.685. The number of hydrogen-bond acceptors (Lipinski definition) is 4. The van der Waals surface area contributed by atoms with E-state index >= 15 is 0 Å². The van der Waals surface area contributed by atoms with Crippen molar-refractivity contribution >= 4 is 11.9 Å². The predicted molar refractivity (Wildman–Crippen MR) is 41.6 cm³/mol. The lowest BCUT2D eigenvalue weighted by Crippen LogP contribution is -2.50. The summed E-state index contributed by atoms with van der Waals surface area (Å²) in [5.41, 5.74) is 5.46. The van der Waals surface area contributed by atoms with E-state index in [1.165, 1.54) is 12.0 Å². The fourth-order valence-electron chi connectivity index (χ4n) is 1.16. The average Bonchev–Trinajstić information content (AvgIpc) is 2.08. The minimum Gasteiger partial charge on any atom is -0.453 e. The molecule has 0 bridgehead atoms. The number of rotatable bonds is 0. The van der Waals surface area contributed by atoms with Gasteiger partial charge in [0.2, 0.25) is 0 Å². The van der Waals surface area contributed by atoms with Crippen molar-refractivity contribution in [1.82, 2.24) is 4.90 Å². The van der Waals surface area contributed by atoms with E-state index in [1.54, 1.807) is 0 Å². The summed E-state index contributed by atoms with van der Waals surface area (Å²) >= 11 is 0. The summed E-state index contributed by atoms with van der Waals surface area (Å²) < 4.78 is 4.49. The number of methoxy groups -OCH3 is 1. The Morgan fingerprint density at radius 2 is 2.42 bits per heavy atom. The Bertz CT molecular complexity index is 205. The average molecular weight is 172 g/mol. The molecular formula is C7H12N2O3. The molecule has 1 amide bonds. The van der Waals surface area contributed by atoms with Crippen LogP contribution < -0.4 is 5.73 Å². The van der Waals surface area contributed by atoms with Gasteiger partial charge >= 0.3 is 6.09 Å². The van der Waals surface area contributed by atoms with Gasteiger partial charge in [0.1, 0.15) is 0 Å². The lowest BCUT2D eigenvalue weighted by molar-refractivity contribution is -0.122. The van der Waals surface area contributed by atoms with E-state index in [4.69, 9.17) is 5.73 Å². The van der Waals surface area contributed by atoms with E-state index in [0.717, 1.165) is 0 Å². The molecule has 1 atom stereocenters. The smallest absolute Gasteiger partial charge is 0.409 e. The maximum atomic E-state index is 11.0. The van der Waals surface area contributed by atoms with Gasteiger partial charge in [0, 0.05) is 19.5 Å². The first-order chi connectivity index (χ1) is 5.65. The van der Waals surface area contributed by atoms with Crippen molar-refractivity contribution in [3.05, 3.63) is 0 Å². The Kier molecular flexibility index (Phi) is 2.65. The predicted octanol–water partition coefficient (Wildman–Crippen LogP) is -0.645. The van der Waals surface area contributed by atoms with E-state index in [0.29, 0.717) is 13.0 Å². The summed E-state index contributed by atoms with van der Waals surface area (Å²) in [4.78, 5) is 23.3. The Morgan fingerprint density at radius 3 is 2.92 bits per heavy atom. The zero-order valence-corrected chi connectivity index (χ0v) is 6.95. The van der Waals surface area contributed by atoms with Crippen LogP contribution in [-0.4, -0.2) is 43.0 Å². The minimum atomic E-state index is -0.544. The molecule has 68 valence electrons. The summed E-state index contributed by atoms with van der Waals surface area (Å²) in [7, 11) is 1.31. The SMILES string of the molecule is COC(=O)N1CCC(=O)[C@H](N)C1. The van der Waals surface area contributed by atoms with Crippen LogP contribution in [0.4, 0.5) is 4.79 Å². The number of carbonyl (C=O) groups is 2. The number of nitrogens with two attached hydrogens (primary N) is 1. The largest absolute Gasteiger partial charge is 0.453 e. The van der Waals surface area contributed by atoms with Crippen molar-refractivity contribution in [2.24, 2.45) is 5.73 Å². The van der Waals surface area contributed by atoms with Gasteiger partial charge in [0.25, 0.3) is 0 Å². The molecule has 12 heavy (non-hydrogen) atoms. The fourth-order valence-corrected chi connectivity index (χ4v) is 1.16. The molecule has 0 aliphatic carbocycles. The molecule has 0 radical (unpaired) electrons. The van der Waals surface area contributed by atoms with Crippen LogP contribution in [0.1, 0.15) is 6.42 Å². The highest BCUT2D eigenvalue weighted by atomic mass is 16.5. The molecular weight excluding hydrogens is 160 g/mol. The maximum absolute atomic E-state index is 11.0. The zero-order valence-electron chi connectivity index (χ0n) is 6.95. The second-order valence-corrected chi connectivity index (χ2v) is 2.74. The number of amides is 1.